The van der Waals surface area contributed by atoms with Crippen LogP contribution < -0.4 is 0 Å². The number of hydrogen-bond acceptors (Lipinski definition) is 15. The van der Waals surface area contributed by atoms with Crippen LogP contribution in [0.25, 0.3) is 0 Å². The Hall–Kier alpha value is -4.28. The molecule has 0 saturated heterocycles. The average Bonchev–Trinajstić information content (AvgIpc) is 0.918. The van der Waals surface area contributed by atoms with E-state index in [1.165, 1.54) is 96.3 Å². The number of carbonyl (C=O) groups is 4. The number of aliphatic hydroxyl groups excluding tert-OH is 1. The molecule has 600 valence electrons. The van der Waals surface area contributed by atoms with Crippen LogP contribution in [0.3, 0.4) is 0 Å². The number of phosphoric ester groups is 2. The third-order valence-corrected chi connectivity index (χ3v) is 19.1. The summed E-state index contributed by atoms with van der Waals surface area (Å²) in [4.78, 5) is 73.1. The molecule has 2 unspecified atom stereocenters. The minimum Gasteiger partial charge on any atom is -0.462 e. The SMILES string of the molecule is CC/C=C\C/C=C\C/C=C\C/C=C\C/C=C\CCCCCC(=O)OC[C@H](COP(=O)(O)OC[C@@H](O)COP(=O)(O)OC[C@@H](COC(=O)CCCCCCC/C=C\CCCCCCCC)OC(=O)CCCCCCC/C=C\CCCCCCCC)OC(=O)CCCCCCC/C=C\C/C=C\CCCCC. The molecule has 0 aromatic rings. The maximum absolute atomic E-state index is 13.1. The standard InChI is InChI=1S/C85H148O17P2/c1-5-9-13-17-21-25-29-33-37-38-39-40-44-46-50-54-58-62-66-70-83(88)96-76-81(102-85(90)72-68-64-60-56-52-48-43-36-32-28-24-20-16-12-8-4)78-100-104(93,94)98-74-79(86)73-97-103(91,92)99-77-80(101-84(89)71-67-63-59-55-51-47-42-35-31-27-23-19-15-11-7-3)75-95-82(87)69-65-61-57-53-49-45-41-34-30-26-22-18-14-10-6-2/h9,13,21,24-25,28,33-37,39-43,46,50,79-81,86H,5-8,10-12,14-20,22-23,26-27,29-32,38,44-45,47-49,51-78H2,1-4H3,(H,91,92)(H,93,94)/b13-9-,25-21-,28-24-,37-33-,40-39-,41-34-,42-35-,43-36-,50-46-/t79-,80+,81+/m0/s1. The topological polar surface area (TPSA) is 237 Å². The van der Waals surface area contributed by atoms with Gasteiger partial charge in [0, 0.05) is 25.7 Å². The molecule has 0 fully saturated rings. The third-order valence-electron chi connectivity index (χ3n) is 17.2. The highest BCUT2D eigenvalue weighted by atomic mass is 31.2. The number of esters is 4. The maximum Gasteiger partial charge on any atom is 0.472 e. The van der Waals surface area contributed by atoms with E-state index in [1.807, 2.05) is 0 Å². The molecule has 0 amide bonds. The number of rotatable bonds is 77. The highest BCUT2D eigenvalue weighted by molar-refractivity contribution is 7.47. The van der Waals surface area contributed by atoms with E-state index in [1.54, 1.807) is 0 Å². The molecular formula is C85H148O17P2. The van der Waals surface area contributed by atoms with Gasteiger partial charge in [0.1, 0.15) is 19.3 Å². The van der Waals surface area contributed by atoms with E-state index in [4.69, 9.17) is 37.0 Å². The summed E-state index contributed by atoms with van der Waals surface area (Å²) in [6.07, 6.45) is 83.4. The number of allylic oxidation sites excluding steroid dienone is 18. The Balaban J connectivity index is 5.40. The molecule has 0 heterocycles. The molecule has 0 bridgehead atoms. The summed E-state index contributed by atoms with van der Waals surface area (Å²) in [7, 11) is -9.97. The first-order chi connectivity index (χ1) is 50.7. The van der Waals surface area contributed by atoms with Crippen LogP contribution in [0, 0.1) is 0 Å². The van der Waals surface area contributed by atoms with E-state index in [0.29, 0.717) is 25.7 Å². The summed E-state index contributed by atoms with van der Waals surface area (Å²) in [6.45, 7) is 4.69. The second-order valence-corrected chi connectivity index (χ2v) is 30.2. The van der Waals surface area contributed by atoms with Crippen LogP contribution in [-0.4, -0.2) is 96.7 Å². The summed E-state index contributed by atoms with van der Waals surface area (Å²) in [5.74, 6) is -2.23. The molecule has 0 aromatic heterocycles. The number of hydrogen-bond donors (Lipinski definition) is 3. The van der Waals surface area contributed by atoms with E-state index >= 15 is 0 Å². The minimum atomic E-state index is -4.99. The zero-order valence-corrected chi connectivity index (χ0v) is 67.5. The molecule has 0 aromatic carbocycles. The third kappa shape index (κ3) is 75.9. The van der Waals surface area contributed by atoms with Crippen molar-refractivity contribution in [1.82, 2.24) is 0 Å². The molecule has 0 spiro atoms. The molecule has 0 saturated carbocycles. The van der Waals surface area contributed by atoms with Gasteiger partial charge in [-0.15, -0.1) is 0 Å². The Morgan fingerprint density at radius 2 is 0.500 bits per heavy atom. The molecule has 0 aliphatic carbocycles. The minimum absolute atomic E-state index is 0.0699. The predicted octanol–water partition coefficient (Wildman–Crippen LogP) is 24.1. The molecule has 0 radical (unpaired) electrons. The van der Waals surface area contributed by atoms with Crippen molar-refractivity contribution >= 4 is 39.5 Å². The molecule has 19 heteroatoms. The first kappa shape index (κ1) is 99.7. The molecule has 5 atom stereocenters. The number of carbonyl (C=O) groups excluding carboxylic acids is 4. The van der Waals surface area contributed by atoms with E-state index < -0.39 is 97.5 Å². The smallest absolute Gasteiger partial charge is 0.462 e. The van der Waals surface area contributed by atoms with Gasteiger partial charge in [0.05, 0.1) is 26.4 Å². The number of phosphoric acid groups is 2. The fraction of sp³-hybridized carbons (Fsp3) is 0.741. The van der Waals surface area contributed by atoms with Gasteiger partial charge in [-0.3, -0.25) is 37.3 Å². The van der Waals surface area contributed by atoms with Crippen molar-refractivity contribution in [3.63, 3.8) is 0 Å². The average molecular weight is 1500 g/mol. The Morgan fingerprint density at radius 1 is 0.279 bits per heavy atom. The van der Waals surface area contributed by atoms with Crippen LogP contribution in [0.15, 0.2) is 109 Å². The van der Waals surface area contributed by atoms with Crippen molar-refractivity contribution in [1.29, 1.82) is 0 Å². The molecular weight excluding hydrogens is 1350 g/mol. The van der Waals surface area contributed by atoms with Gasteiger partial charge in [-0.1, -0.05) is 278 Å². The van der Waals surface area contributed by atoms with Crippen molar-refractivity contribution in [3.05, 3.63) is 109 Å². The lowest BCUT2D eigenvalue weighted by Crippen LogP contribution is -2.30. The first-order valence-corrected chi connectivity index (χ1v) is 44.1. The van der Waals surface area contributed by atoms with Gasteiger partial charge in [-0.25, -0.2) is 9.13 Å². The number of ether oxygens (including phenoxy) is 4. The highest BCUT2D eigenvalue weighted by Crippen LogP contribution is 2.45. The number of aliphatic hydroxyl groups is 1. The lowest BCUT2D eigenvalue weighted by Gasteiger charge is -2.21. The quantitative estimate of drug-likeness (QED) is 0.0169. The zero-order chi connectivity index (χ0) is 76.0. The molecule has 104 heavy (non-hydrogen) atoms. The van der Waals surface area contributed by atoms with Crippen LogP contribution in [0.5, 0.6) is 0 Å². The summed E-state index contributed by atoms with van der Waals surface area (Å²) < 4.78 is 68.6. The lowest BCUT2D eigenvalue weighted by molar-refractivity contribution is -0.161. The fourth-order valence-electron chi connectivity index (χ4n) is 10.9. The molecule has 3 N–H and O–H groups in total. The number of unbranched alkanes of at least 4 members (excludes halogenated alkanes) is 33. The van der Waals surface area contributed by atoms with Crippen LogP contribution >= 0.6 is 15.6 Å². The van der Waals surface area contributed by atoms with Gasteiger partial charge in [-0.2, -0.15) is 0 Å². The fourth-order valence-corrected chi connectivity index (χ4v) is 12.5. The molecule has 17 nitrogen and oxygen atoms in total. The molecule has 0 aliphatic heterocycles. The van der Waals surface area contributed by atoms with Crippen molar-refractivity contribution < 1.29 is 80.2 Å². The van der Waals surface area contributed by atoms with Crippen molar-refractivity contribution in [2.75, 3.05) is 39.6 Å². The van der Waals surface area contributed by atoms with Gasteiger partial charge in [0.15, 0.2) is 12.2 Å². The second-order valence-electron chi connectivity index (χ2n) is 27.3. The Bertz CT molecular complexity index is 2390. The summed E-state index contributed by atoms with van der Waals surface area (Å²) in [5.41, 5.74) is 0. The van der Waals surface area contributed by atoms with Gasteiger partial charge in [-0.05, 0) is 154 Å². The summed E-state index contributed by atoms with van der Waals surface area (Å²) >= 11 is 0. The first-order valence-electron chi connectivity index (χ1n) is 41.1. The van der Waals surface area contributed by atoms with E-state index in [-0.39, 0.29) is 25.7 Å². The summed E-state index contributed by atoms with van der Waals surface area (Å²) in [5, 5.41) is 10.7. The Morgan fingerprint density at radius 3 is 0.808 bits per heavy atom. The maximum atomic E-state index is 13.1. The van der Waals surface area contributed by atoms with Crippen LogP contribution in [-0.2, 0) is 65.4 Å². The predicted molar refractivity (Wildman–Crippen MR) is 427 cm³/mol. The zero-order valence-electron chi connectivity index (χ0n) is 65.7. The van der Waals surface area contributed by atoms with Gasteiger partial charge >= 0.3 is 39.5 Å². The van der Waals surface area contributed by atoms with Gasteiger partial charge in [0.25, 0.3) is 0 Å². The van der Waals surface area contributed by atoms with Gasteiger partial charge < -0.3 is 33.8 Å². The van der Waals surface area contributed by atoms with Crippen LogP contribution in [0.4, 0.5) is 0 Å². The summed E-state index contributed by atoms with van der Waals surface area (Å²) in [6, 6.07) is 0. The second kappa shape index (κ2) is 76.9. The molecule has 0 aliphatic rings. The van der Waals surface area contributed by atoms with Crippen LogP contribution in [0.1, 0.15) is 349 Å². The Labute approximate surface area is 632 Å². The van der Waals surface area contributed by atoms with Crippen molar-refractivity contribution in [2.24, 2.45) is 0 Å². The van der Waals surface area contributed by atoms with Gasteiger partial charge in [0.2, 0.25) is 0 Å². The van der Waals surface area contributed by atoms with Crippen LogP contribution in [0.2, 0.25) is 0 Å². The normalized spacial score (nSPS) is 14.4. The lowest BCUT2D eigenvalue weighted by atomic mass is 10.1. The largest absolute Gasteiger partial charge is 0.472 e. The Kier molecular flexibility index (Phi) is 73.7. The van der Waals surface area contributed by atoms with E-state index in [2.05, 4.69) is 137 Å². The monoisotopic (exact) mass is 1500 g/mol. The van der Waals surface area contributed by atoms with E-state index in [9.17, 15) is 43.2 Å². The van der Waals surface area contributed by atoms with E-state index in [0.717, 1.165) is 173 Å². The van der Waals surface area contributed by atoms with Crippen molar-refractivity contribution in [2.45, 2.75) is 367 Å². The van der Waals surface area contributed by atoms with Crippen molar-refractivity contribution in [3.8, 4) is 0 Å². The highest BCUT2D eigenvalue weighted by Gasteiger charge is 2.30. The molecule has 0 rings (SSSR count).